The van der Waals surface area contributed by atoms with Crippen LogP contribution in [-0.2, 0) is 4.79 Å². The van der Waals surface area contributed by atoms with E-state index in [2.05, 4.69) is 4.99 Å². The largest absolute Gasteiger partial charge is 0.286 e. The number of nitrogens with zero attached hydrogens (tertiary/aromatic N) is 3. The molecule has 0 atom stereocenters. The molecule has 2 aromatic carbocycles. The third-order valence-corrected chi connectivity index (χ3v) is 5.09. The lowest BCUT2D eigenvalue weighted by Crippen LogP contribution is -2.32. The molecule has 1 amide bonds. The summed E-state index contributed by atoms with van der Waals surface area (Å²) in [5, 5.41) is 12.1. The molecule has 0 spiro atoms. The number of nitro benzene ring substituents is 1. The average molecular weight is 416 g/mol. The number of non-ortho nitro benzene ring substituents is 1. The molecule has 1 fully saturated rings. The van der Waals surface area contributed by atoms with E-state index >= 15 is 0 Å². The van der Waals surface area contributed by atoms with Gasteiger partial charge in [0, 0.05) is 23.7 Å². The molecule has 1 heterocycles. The van der Waals surface area contributed by atoms with Crippen molar-refractivity contribution >= 4 is 51.9 Å². The van der Waals surface area contributed by atoms with Gasteiger partial charge in [-0.3, -0.25) is 19.8 Å². The van der Waals surface area contributed by atoms with E-state index in [1.54, 1.807) is 41.3 Å². The van der Waals surface area contributed by atoms with Crippen LogP contribution in [0.2, 0.25) is 5.02 Å². The first-order valence-electron chi connectivity index (χ1n) is 8.63. The number of thioether (sulfide) groups is 1. The van der Waals surface area contributed by atoms with Gasteiger partial charge in [-0.25, -0.2) is 4.99 Å². The summed E-state index contributed by atoms with van der Waals surface area (Å²) < 4.78 is 0. The predicted octanol–water partition coefficient (Wildman–Crippen LogP) is 5.51. The van der Waals surface area contributed by atoms with E-state index in [1.807, 2.05) is 19.9 Å². The Balaban J connectivity index is 1.97. The topological polar surface area (TPSA) is 75.8 Å². The summed E-state index contributed by atoms with van der Waals surface area (Å²) in [7, 11) is 0. The van der Waals surface area contributed by atoms with Crippen molar-refractivity contribution in [2.75, 3.05) is 6.54 Å². The first kappa shape index (κ1) is 20.1. The summed E-state index contributed by atoms with van der Waals surface area (Å²) in [4.78, 5) is 30.2. The zero-order chi connectivity index (χ0) is 20.3. The summed E-state index contributed by atoms with van der Waals surface area (Å²) >= 11 is 7.29. The Morgan fingerprint density at radius 1 is 1.25 bits per heavy atom. The molecule has 0 unspecified atom stereocenters. The summed E-state index contributed by atoms with van der Waals surface area (Å²) in [6.07, 6.45) is 1.66. The summed E-state index contributed by atoms with van der Waals surface area (Å²) in [5.74, 6) is 0.0947. The Hall–Kier alpha value is -2.64. The Morgan fingerprint density at radius 2 is 2.00 bits per heavy atom. The minimum atomic E-state index is -0.456. The molecule has 8 heteroatoms. The number of nitro groups is 1. The number of carbonyl (C=O) groups excluding carboxylic acids is 1. The van der Waals surface area contributed by atoms with Crippen molar-refractivity contribution in [2.24, 2.45) is 10.9 Å². The number of carbonyl (C=O) groups is 1. The molecule has 1 aliphatic heterocycles. The normalized spacial score (nSPS) is 17.1. The molecule has 2 aromatic rings. The van der Waals surface area contributed by atoms with Crippen LogP contribution in [0, 0.1) is 16.0 Å². The molecule has 0 radical (unpaired) electrons. The zero-order valence-electron chi connectivity index (χ0n) is 15.3. The lowest BCUT2D eigenvalue weighted by molar-refractivity contribution is -0.384. The van der Waals surface area contributed by atoms with Gasteiger partial charge in [-0.1, -0.05) is 43.6 Å². The van der Waals surface area contributed by atoms with Crippen LogP contribution in [0.4, 0.5) is 11.4 Å². The lowest BCUT2D eigenvalue weighted by Gasteiger charge is -2.17. The highest BCUT2D eigenvalue weighted by Crippen LogP contribution is 2.35. The highest BCUT2D eigenvalue weighted by Gasteiger charge is 2.33. The maximum atomic E-state index is 12.9. The number of amides is 1. The number of benzene rings is 2. The van der Waals surface area contributed by atoms with E-state index in [0.29, 0.717) is 32.9 Å². The van der Waals surface area contributed by atoms with E-state index in [0.717, 1.165) is 0 Å². The van der Waals surface area contributed by atoms with Crippen LogP contribution >= 0.6 is 23.4 Å². The lowest BCUT2D eigenvalue weighted by atomic mass is 10.1. The van der Waals surface area contributed by atoms with Crippen molar-refractivity contribution in [3.05, 3.63) is 74.1 Å². The van der Waals surface area contributed by atoms with Crippen molar-refractivity contribution in [1.29, 1.82) is 0 Å². The van der Waals surface area contributed by atoms with Gasteiger partial charge in [-0.2, -0.15) is 0 Å². The fraction of sp³-hybridized carbons (Fsp3) is 0.200. The van der Waals surface area contributed by atoms with E-state index in [1.165, 1.54) is 23.9 Å². The molecule has 28 heavy (non-hydrogen) atoms. The van der Waals surface area contributed by atoms with Gasteiger partial charge in [-0.15, -0.1) is 0 Å². The smallest absolute Gasteiger partial charge is 0.270 e. The molecule has 0 N–H and O–H groups in total. The molecular weight excluding hydrogens is 398 g/mol. The first-order chi connectivity index (χ1) is 13.3. The predicted molar refractivity (Wildman–Crippen MR) is 114 cm³/mol. The molecule has 6 nitrogen and oxygen atoms in total. The number of amidine groups is 1. The van der Waals surface area contributed by atoms with Crippen LogP contribution in [0.5, 0.6) is 0 Å². The number of aliphatic imine (C=N–C) groups is 1. The fourth-order valence-corrected chi connectivity index (χ4v) is 3.85. The third-order valence-electron chi connectivity index (χ3n) is 3.85. The van der Waals surface area contributed by atoms with Crippen molar-refractivity contribution in [1.82, 2.24) is 4.90 Å². The minimum Gasteiger partial charge on any atom is -0.286 e. The highest BCUT2D eigenvalue weighted by molar-refractivity contribution is 8.18. The molecule has 144 valence electrons. The Labute approximate surface area is 172 Å². The summed E-state index contributed by atoms with van der Waals surface area (Å²) in [6, 6.07) is 13.3. The van der Waals surface area contributed by atoms with Crippen LogP contribution in [0.15, 0.2) is 58.4 Å². The van der Waals surface area contributed by atoms with Gasteiger partial charge in [-0.05, 0) is 47.5 Å². The van der Waals surface area contributed by atoms with Gasteiger partial charge in [0.05, 0.1) is 15.5 Å². The quantitative estimate of drug-likeness (QED) is 0.366. The molecule has 1 aliphatic rings. The van der Waals surface area contributed by atoms with E-state index in [4.69, 9.17) is 11.6 Å². The minimum absolute atomic E-state index is 0.0170. The van der Waals surface area contributed by atoms with Crippen molar-refractivity contribution in [3.63, 3.8) is 0 Å². The van der Waals surface area contributed by atoms with Crippen molar-refractivity contribution in [2.45, 2.75) is 13.8 Å². The second-order valence-corrected chi connectivity index (χ2v) is 8.09. The maximum absolute atomic E-state index is 12.9. The van der Waals surface area contributed by atoms with Crippen LogP contribution in [0.1, 0.15) is 19.4 Å². The molecule has 1 saturated heterocycles. The van der Waals surface area contributed by atoms with E-state index in [-0.39, 0.29) is 17.5 Å². The second-order valence-electron chi connectivity index (χ2n) is 6.65. The van der Waals surface area contributed by atoms with E-state index in [9.17, 15) is 14.9 Å². The SMILES string of the molecule is CC(C)CN1C(=O)/C(=C\c2cccc([N+](=O)[O-])c2)SC1=Nc1cccc(Cl)c1. The van der Waals surface area contributed by atoms with Gasteiger partial charge in [0.2, 0.25) is 0 Å². The molecule has 0 aromatic heterocycles. The first-order valence-corrected chi connectivity index (χ1v) is 9.83. The molecule has 0 aliphatic carbocycles. The molecule has 3 rings (SSSR count). The van der Waals surface area contributed by atoms with Crippen molar-refractivity contribution < 1.29 is 9.72 Å². The van der Waals surface area contributed by atoms with Crippen molar-refractivity contribution in [3.8, 4) is 0 Å². The fourth-order valence-electron chi connectivity index (χ4n) is 2.65. The monoisotopic (exact) mass is 415 g/mol. The zero-order valence-corrected chi connectivity index (χ0v) is 16.9. The number of hydrogen-bond acceptors (Lipinski definition) is 5. The molecule has 0 saturated carbocycles. The van der Waals surface area contributed by atoms with E-state index < -0.39 is 4.92 Å². The Morgan fingerprint density at radius 3 is 2.68 bits per heavy atom. The highest BCUT2D eigenvalue weighted by atomic mass is 35.5. The Bertz CT molecular complexity index is 988. The maximum Gasteiger partial charge on any atom is 0.270 e. The van der Waals surface area contributed by atoms with Gasteiger partial charge in [0.15, 0.2) is 5.17 Å². The standard InChI is InChI=1S/C20H18ClN3O3S/c1-13(2)12-23-19(25)18(10-14-5-3-8-17(9-14)24(26)27)28-20(23)22-16-7-4-6-15(21)11-16/h3-11,13H,12H2,1-2H3/b18-10+,22-20?. The van der Waals surface area contributed by atoms with Gasteiger partial charge < -0.3 is 0 Å². The molecule has 0 bridgehead atoms. The summed E-state index contributed by atoms with van der Waals surface area (Å²) in [6.45, 7) is 4.58. The van der Waals surface area contributed by atoms with Crippen LogP contribution < -0.4 is 0 Å². The van der Waals surface area contributed by atoms with Crippen LogP contribution in [-0.4, -0.2) is 27.4 Å². The van der Waals surface area contributed by atoms with Gasteiger partial charge in [0.25, 0.3) is 11.6 Å². The molecular formula is C20H18ClN3O3S. The summed E-state index contributed by atoms with van der Waals surface area (Å²) in [5.41, 5.74) is 1.24. The third kappa shape index (κ3) is 4.79. The number of halogens is 1. The number of rotatable bonds is 5. The van der Waals surface area contributed by atoms with Gasteiger partial charge in [0.1, 0.15) is 0 Å². The van der Waals surface area contributed by atoms with Crippen LogP contribution in [0.25, 0.3) is 6.08 Å². The van der Waals surface area contributed by atoms with Crippen LogP contribution in [0.3, 0.4) is 0 Å². The Kier molecular flexibility index (Phi) is 6.16. The number of hydrogen-bond donors (Lipinski definition) is 0. The average Bonchev–Trinajstić information content (AvgIpc) is 2.90. The van der Waals surface area contributed by atoms with Gasteiger partial charge >= 0.3 is 0 Å². The second kappa shape index (κ2) is 8.58.